The molecule has 0 bridgehead atoms. The van der Waals surface area contributed by atoms with Crippen molar-refractivity contribution in [1.29, 1.82) is 0 Å². The first-order valence-electron chi connectivity index (χ1n) is 5.84. The molecular formula is C14H24. The van der Waals surface area contributed by atoms with Gasteiger partial charge < -0.3 is 0 Å². The second-order valence-corrected chi connectivity index (χ2v) is 3.57. The molecule has 0 saturated heterocycles. The normalized spacial score (nSPS) is 11.5. The van der Waals surface area contributed by atoms with Gasteiger partial charge in [0.15, 0.2) is 0 Å². The van der Waals surface area contributed by atoms with E-state index < -0.39 is 0 Å². The summed E-state index contributed by atoms with van der Waals surface area (Å²) in [7, 11) is 0. The predicted molar refractivity (Wildman–Crippen MR) is 66.5 cm³/mol. The van der Waals surface area contributed by atoms with E-state index in [0.717, 1.165) is 6.42 Å². The van der Waals surface area contributed by atoms with Crippen molar-refractivity contribution in [2.24, 2.45) is 0 Å². The lowest BCUT2D eigenvalue weighted by molar-refractivity contribution is 0.729. The largest absolute Gasteiger partial charge is 0.103 e. The van der Waals surface area contributed by atoms with E-state index in [1.807, 2.05) is 6.08 Å². The van der Waals surface area contributed by atoms with Crippen LogP contribution in [0.25, 0.3) is 0 Å². The molecule has 0 aromatic heterocycles. The van der Waals surface area contributed by atoms with Crippen LogP contribution < -0.4 is 0 Å². The summed E-state index contributed by atoms with van der Waals surface area (Å²) in [6.07, 6.45) is 19.6. The first kappa shape index (κ1) is 13.2. The molecule has 0 heterocycles. The molecular weight excluding hydrogens is 168 g/mol. The Labute approximate surface area is 89.4 Å². The Kier molecular flexibility index (Phi) is 11.5. The van der Waals surface area contributed by atoms with Gasteiger partial charge in [-0.3, -0.25) is 0 Å². The molecule has 0 aliphatic carbocycles. The van der Waals surface area contributed by atoms with Crippen molar-refractivity contribution in [3.63, 3.8) is 0 Å². The molecule has 0 aliphatic rings. The lowest BCUT2D eigenvalue weighted by atomic mass is 10.2. The molecule has 0 saturated carbocycles. The second-order valence-electron chi connectivity index (χ2n) is 3.57. The van der Waals surface area contributed by atoms with Gasteiger partial charge in [-0.15, -0.1) is 6.58 Å². The van der Waals surface area contributed by atoms with Gasteiger partial charge in [0, 0.05) is 0 Å². The van der Waals surface area contributed by atoms with E-state index in [1.54, 1.807) is 0 Å². The van der Waals surface area contributed by atoms with Crippen LogP contribution in [0.15, 0.2) is 37.0 Å². The van der Waals surface area contributed by atoms with E-state index >= 15 is 0 Å². The topological polar surface area (TPSA) is 0 Å². The molecule has 0 nitrogen and oxygen atoms in total. The zero-order chi connectivity index (χ0) is 10.5. The van der Waals surface area contributed by atoms with Gasteiger partial charge in [-0.25, -0.2) is 0 Å². The minimum Gasteiger partial charge on any atom is -0.103 e. The van der Waals surface area contributed by atoms with Crippen LogP contribution in [0.5, 0.6) is 0 Å². The third-order valence-corrected chi connectivity index (χ3v) is 2.14. The van der Waals surface area contributed by atoms with Crippen LogP contribution in [0.2, 0.25) is 0 Å². The summed E-state index contributed by atoms with van der Waals surface area (Å²) >= 11 is 0. The standard InChI is InChI=1S/C14H24/c1-3-5-7-9-11-13-14-12-10-8-6-4-2/h3,11-14H,1,4-10H2,2H3. The lowest BCUT2D eigenvalue weighted by Gasteiger charge is -1.90. The third-order valence-electron chi connectivity index (χ3n) is 2.14. The van der Waals surface area contributed by atoms with E-state index in [0.29, 0.717) is 0 Å². The van der Waals surface area contributed by atoms with Crippen molar-refractivity contribution in [1.82, 2.24) is 0 Å². The Morgan fingerprint density at radius 3 is 2.07 bits per heavy atom. The van der Waals surface area contributed by atoms with E-state index in [2.05, 4.69) is 37.8 Å². The van der Waals surface area contributed by atoms with Crippen molar-refractivity contribution < 1.29 is 0 Å². The first-order chi connectivity index (χ1) is 6.91. The predicted octanol–water partition coefficient (Wildman–Crippen LogP) is 5.04. The average molecular weight is 192 g/mol. The third kappa shape index (κ3) is 11.2. The molecule has 0 radical (unpaired) electrons. The molecule has 0 heteroatoms. The maximum atomic E-state index is 3.70. The maximum absolute atomic E-state index is 3.70. The number of hydrogen-bond donors (Lipinski definition) is 0. The number of hydrogen-bond acceptors (Lipinski definition) is 0. The van der Waals surface area contributed by atoms with Gasteiger partial charge in [-0.2, -0.15) is 0 Å². The van der Waals surface area contributed by atoms with E-state index in [-0.39, 0.29) is 0 Å². The fourth-order valence-electron chi connectivity index (χ4n) is 1.24. The summed E-state index contributed by atoms with van der Waals surface area (Å²) in [5.74, 6) is 0. The summed E-state index contributed by atoms with van der Waals surface area (Å²) in [5, 5.41) is 0. The SMILES string of the molecule is C=CCCCC=CC=CCCCCC. The van der Waals surface area contributed by atoms with Crippen LogP contribution in [-0.4, -0.2) is 0 Å². The van der Waals surface area contributed by atoms with Crippen molar-refractivity contribution in [3.05, 3.63) is 37.0 Å². The van der Waals surface area contributed by atoms with Crippen molar-refractivity contribution >= 4 is 0 Å². The highest BCUT2D eigenvalue weighted by Crippen LogP contribution is 2.00. The molecule has 0 atom stereocenters. The molecule has 0 aromatic rings. The number of allylic oxidation sites excluding steroid dienone is 5. The van der Waals surface area contributed by atoms with Crippen molar-refractivity contribution in [3.8, 4) is 0 Å². The molecule has 0 spiro atoms. The summed E-state index contributed by atoms with van der Waals surface area (Å²) in [6.45, 7) is 5.94. The van der Waals surface area contributed by atoms with Gasteiger partial charge in [0.1, 0.15) is 0 Å². The Morgan fingerprint density at radius 2 is 1.50 bits per heavy atom. The lowest BCUT2D eigenvalue weighted by Crippen LogP contribution is -1.70. The van der Waals surface area contributed by atoms with Crippen LogP contribution >= 0.6 is 0 Å². The average Bonchev–Trinajstić information content (AvgIpc) is 2.21. The van der Waals surface area contributed by atoms with Gasteiger partial charge in [0.25, 0.3) is 0 Å². The fraction of sp³-hybridized carbons (Fsp3) is 0.571. The minimum absolute atomic E-state index is 1.13. The highest BCUT2D eigenvalue weighted by Gasteiger charge is 1.80. The highest BCUT2D eigenvalue weighted by atomic mass is 13.9. The zero-order valence-electron chi connectivity index (χ0n) is 9.54. The zero-order valence-corrected chi connectivity index (χ0v) is 9.54. The summed E-state index contributed by atoms with van der Waals surface area (Å²) < 4.78 is 0. The van der Waals surface area contributed by atoms with Crippen molar-refractivity contribution in [2.45, 2.75) is 51.9 Å². The summed E-state index contributed by atoms with van der Waals surface area (Å²) in [6, 6.07) is 0. The van der Waals surface area contributed by atoms with Crippen LogP contribution in [0, 0.1) is 0 Å². The Hall–Kier alpha value is -0.780. The summed E-state index contributed by atoms with van der Waals surface area (Å²) in [4.78, 5) is 0. The molecule has 0 fully saturated rings. The maximum Gasteiger partial charge on any atom is -0.0345 e. The summed E-state index contributed by atoms with van der Waals surface area (Å²) in [5.41, 5.74) is 0. The van der Waals surface area contributed by atoms with Gasteiger partial charge in [-0.05, 0) is 32.1 Å². The van der Waals surface area contributed by atoms with E-state index in [1.165, 1.54) is 38.5 Å². The van der Waals surface area contributed by atoms with Crippen LogP contribution in [-0.2, 0) is 0 Å². The Balaban J connectivity index is 3.19. The molecule has 14 heavy (non-hydrogen) atoms. The quantitative estimate of drug-likeness (QED) is 0.273. The molecule has 80 valence electrons. The van der Waals surface area contributed by atoms with Crippen LogP contribution in [0.1, 0.15) is 51.9 Å². The van der Waals surface area contributed by atoms with Gasteiger partial charge in [-0.1, -0.05) is 50.1 Å². The fourth-order valence-corrected chi connectivity index (χ4v) is 1.24. The Bertz CT molecular complexity index is 163. The molecule has 0 N–H and O–H groups in total. The van der Waals surface area contributed by atoms with Gasteiger partial charge >= 0.3 is 0 Å². The second kappa shape index (κ2) is 12.2. The number of unbranched alkanes of at least 4 members (excludes halogenated alkanes) is 5. The first-order valence-corrected chi connectivity index (χ1v) is 5.84. The van der Waals surface area contributed by atoms with Crippen LogP contribution in [0.3, 0.4) is 0 Å². The molecule has 0 rings (SSSR count). The van der Waals surface area contributed by atoms with Gasteiger partial charge in [0.05, 0.1) is 0 Å². The van der Waals surface area contributed by atoms with E-state index in [4.69, 9.17) is 0 Å². The molecule has 0 aromatic carbocycles. The number of rotatable bonds is 9. The highest BCUT2D eigenvalue weighted by molar-refractivity contribution is 5.02. The molecule has 0 amide bonds. The van der Waals surface area contributed by atoms with Crippen LogP contribution in [0.4, 0.5) is 0 Å². The smallest absolute Gasteiger partial charge is 0.0345 e. The monoisotopic (exact) mass is 192 g/mol. The minimum atomic E-state index is 1.13. The van der Waals surface area contributed by atoms with E-state index in [9.17, 15) is 0 Å². The molecule has 0 unspecified atom stereocenters. The molecule has 0 aliphatic heterocycles. The van der Waals surface area contributed by atoms with Crippen molar-refractivity contribution in [2.75, 3.05) is 0 Å². The Morgan fingerprint density at radius 1 is 0.857 bits per heavy atom. The van der Waals surface area contributed by atoms with Gasteiger partial charge in [0.2, 0.25) is 0 Å².